The number of unbranched alkanes of at least 4 members (excludes halogenated alkanes) is 1. The number of aromatic amines is 1. The highest BCUT2D eigenvalue weighted by atomic mass is 32.2. The molecular weight excluding hydrogens is 248 g/mol. The third-order valence-corrected chi connectivity index (χ3v) is 3.38. The molecule has 0 bridgehead atoms. The molecule has 6 heteroatoms. The highest BCUT2D eigenvalue weighted by Crippen LogP contribution is 2.21. The standard InChI is InChI=1S/C12H22N4OS/c1-8(2)10-9(13)11(16-15-10)12(17)14-6-4-5-7-18-3/h8H,4-7,13H2,1-3H3,(H,14,17)(H,15,16). The first kappa shape index (κ1) is 14.9. The van der Waals surface area contributed by atoms with Crippen LogP contribution in [0.5, 0.6) is 0 Å². The summed E-state index contributed by atoms with van der Waals surface area (Å²) >= 11 is 1.82. The summed E-state index contributed by atoms with van der Waals surface area (Å²) in [6, 6.07) is 0. The van der Waals surface area contributed by atoms with Gasteiger partial charge in [-0.05, 0) is 30.8 Å². The quantitative estimate of drug-likeness (QED) is 0.662. The van der Waals surface area contributed by atoms with E-state index in [-0.39, 0.29) is 11.8 Å². The number of amides is 1. The molecule has 0 aliphatic rings. The van der Waals surface area contributed by atoms with Gasteiger partial charge < -0.3 is 11.1 Å². The topological polar surface area (TPSA) is 83.8 Å². The van der Waals surface area contributed by atoms with E-state index in [1.165, 1.54) is 0 Å². The molecule has 18 heavy (non-hydrogen) atoms. The first-order valence-electron chi connectivity index (χ1n) is 6.18. The fourth-order valence-corrected chi connectivity index (χ4v) is 2.13. The molecule has 1 amide bonds. The van der Waals surface area contributed by atoms with Gasteiger partial charge in [0, 0.05) is 6.54 Å². The molecule has 1 aromatic heterocycles. The van der Waals surface area contributed by atoms with Gasteiger partial charge >= 0.3 is 0 Å². The van der Waals surface area contributed by atoms with Crippen LogP contribution >= 0.6 is 11.8 Å². The van der Waals surface area contributed by atoms with Gasteiger partial charge in [0.2, 0.25) is 0 Å². The minimum absolute atomic E-state index is 0.195. The zero-order chi connectivity index (χ0) is 13.5. The van der Waals surface area contributed by atoms with E-state index >= 15 is 0 Å². The Kier molecular flexibility index (Phi) is 6.04. The first-order chi connectivity index (χ1) is 8.57. The van der Waals surface area contributed by atoms with Crippen LogP contribution in [0.2, 0.25) is 0 Å². The smallest absolute Gasteiger partial charge is 0.273 e. The molecule has 0 saturated heterocycles. The van der Waals surface area contributed by atoms with Crippen molar-refractivity contribution in [1.82, 2.24) is 15.5 Å². The maximum Gasteiger partial charge on any atom is 0.273 e. The lowest BCUT2D eigenvalue weighted by Crippen LogP contribution is -2.25. The van der Waals surface area contributed by atoms with Crippen molar-refractivity contribution < 1.29 is 4.79 Å². The van der Waals surface area contributed by atoms with Gasteiger partial charge in [0.1, 0.15) is 0 Å². The van der Waals surface area contributed by atoms with Gasteiger partial charge in [0.05, 0.1) is 11.4 Å². The molecule has 0 aromatic carbocycles. The lowest BCUT2D eigenvalue weighted by atomic mass is 10.1. The number of nitrogens with one attached hydrogen (secondary N) is 2. The second-order valence-electron chi connectivity index (χ2n) is 4.51. The predicted octanol–water partition coefficient (Wildman–Crippen LogP) is 1.99. The molecule has 1 heterocycles. The van der Waals surface area contributed by atoms with Crippen molar-refractivity contribution in [3.63, 3.8) is 0 Å². The van der Waals surface area contributed by atoms with Crippen molar-refractivity contribution in [2.75, 3.05) is 24.3 Å². The largest absolute Gasteiger partial charge is 0.395 e. The number of carbonyl (C=O) groups excluding carboxylic acids is 1. The Balaban J connectivity index is 2.47. The second-order valence-corrected chi connectivity index (χ2v) is 5.50. The number of hydrogen-bond donors (Lipinski definition) is 3. The summed E-state index contributed by atoms with van der Waals surface area (Å²) in [6.07, 6.45) is 4.17. The van der Waals surface area contributed by atoms with E-state index in [2.05, 4.69) is 21.8 Å². The number of hydrogen-bond acceptors (Lipinski definition) is 4. The average Bonchev–Trinajstić information content (AvgIpc) is 2.70. The van der Waals surface area contributed by atoms with Crippen molar-refractivity contribution in [2.45, 2.75) is 32.6 Å². The predicted molar refractivity (Wildman–Crippen MR) is 77.0 cm³/mol. The Morgan fingerprint density at radius 3 is 2.78 bits per heavy atom. The van der Waals surface area contributed by atoms with E-state index in [0.29, 0.717) is 17.9 Å². The van der Waals surface area contributed by atoms with Crippen molar-refractivity contribution >= 4 is 23.4 Å². The maximum atomic E-state index is 11.9. The molecule has 0 radical (unpaired) electrons. The molecule has 0 fully saturated rings. The highest BCUT2D eigenvalue weighted by Gasteiger charge is 2.18. The first-order valence-corrected chi connectivity index (χ1v) is 7.58. The van der Waals surface area contributed by atoms with Crippen molar-refractivity contribution in [2.24, 2.45) is 0 Å². The summed E-state index contributed by atoms with van der Waals surface area (Å²) in [6.45, 7) is 4.69. The number of aromatic nitrogens is 2. The second kappa shape index (κ2) is 7.31. The summed E-state index contributed by atoms with van der Waals surface area (Å²) in [5.41, 5.74) is 7.49. The summed E-state index contributed by atoms with van der Waals surface area (Å²) in [7, 11) is 0. The molecular formula is C12H22N4OS. The molecule has 0 unspecified atom stereocenters. The van der Waals surface area contributed by atoms with Crippen LogP contribution in [0.25, 0.3) is 0 Å². The van der Waals surface area contributed by atoms with E-state index in [1.54, 1.807) is 0 Å². The fraction of sp³-hybridized carbons (Fsp3) is 0.667. The number of nitrogens with zero attached hydrogens (tertiary/aromatic N) is 1. The van der Waals surface area contributed by atoms with E-state index in [1.807, 2.05) is 25.6 Å². The molecule has 102 valence electrons. The molecule has 1 rings (SSSR count). The molecule has 0 aliphatic carbocycles. The van der Waals surface area contributed by atoms with Crippen LogP contribution in [0.4, 0.5) is 5.69 Å². The number of thioether (sulfide) groups is 1. The van der Waals surface area contributed by atoms with Crippen molar-refractivity contribution in [3.05, 3.63) is 11.4 Å². The zero-order valence-corrected chi connectivity index (χ0v) is 12.1. The molecule has 0 saturated carbocycles. The SMILES string of the molecule is CSCCCCNC(=O)c1n[nH]c(C(C)C)c1N. The van der Waals surface area contributed by atoms with Gasteiger partial charge in [-0.15, -0.1) is 0 Å². The molecule has 0 aliphatic heterocycles. The van der Waals surface area contributed by atoms with Crippen LogP contribution in [0, 0.1) is 0 Å². The number of rotatable bonds is 7. The Labute approximate surface area is 112 Å². The monoisotopic (exact) mass is 270 g/mol. The molecule has 5 nitrogen and oxygen atoms in total. The summed E-state index contributed by atoms with van der Waals surface area (Å²) in [5.74, 6) is 1.16. The van der Waals surface area contributed by atoms with Gasteiger partial charge in [0.15, 0.2) is 5.69 Å². The number of anilines is 1. The average molecular weight is 270 g/mol. The Morgan fingerprint density at radius 2 is 2.22 bits per heavy atom. The third-order valence-electron chi connectivity index (χ3n) is 2.69. The molecule has 4 N–H and O–H groups in total. The van der Waals surface area contributed by atoms with E-state index in [9.17, 15) is 4.79 Å². The van der Waals surface area contributed by atoms with Gasteiger partial charge in [-0.3, -0.25) is 9.89 Å². The summed E-state index contributed by atoms with van der Waals surface area (Å²) < 4.78 is 0. The minimum Gasteiger partial charge on any atom is -0.395 e. The highest BCUT2D eigenvalue weighted by molar-refractivity contribution is 7.98. The fourth-order valence-electron chi connectivity index (χ4n) is 1.63. The Morgan fingerprint density at radius 1 is 1.50 bits per heavy atom. The minimum atomic E-state index is -0.195. The molecule has 0 spiro atoms. The van der Waals surface area contributed by atoms with E-state index in [4.69, 9.17) is 5.73 Å². The van der Waals surface area contributed by atoms with Crippen molar-refractivity contribution in [3.8, 4) is 0 Å². The lowest BCUT2D eigenvalue weighted by Gasteiger charge is -2.04. The van der Waals surface area contributed by atoms with E-state index in [0.717, 1.165) is 24.3 Å². The van der Waals surface area contributed by atoms with Crippen LogP contribution in [0.1, 0.15) is 48.8 Å². The van der Waals surface area contributed by atoms with Gasteiger partial charge in [-0.2, -0.15) is 16.9 Å². The van der Waals surface area contributed by atoms with Crippen LogP contribution in [-0.2, 0) is 0 Å². The van der Waals surface area contributed by atoms with Crippen LogP contribution in [-0.4, -0.2) is 34.7 Å². The molecule has 1 aromatic rings. The zero-order valence-electron chi connectivity index (χ0n) is 11.2. The maximum absolute atomic E-state index is 11.9. The van der Waals surface area contributed by atoms with Crippen LogP contribution in [0.15, 0.2) is 0 Å². The Bertz CT molecular complexity index is 389. The van der Waals surface area contributed by atoms with Crippen LogP contribution < -0.4 is 11.1 Å². The molecule has 0 atom stereocenters. The van der Waals surface area contributed by atoms with Crippen molar-refractivity contribution in [1.29, 1.82) is 0 Å². The van der Waals surface area contributed by atoms with Crippen LogP contribution in [0.3, 0.4) is 0 Å². The van der Waals surface area contributed by atoms with Gasteiger partial charge in [0.25, 0.3) is 5.91 Å². The number of H-pyrrole nitrogens is 1. The third kappa shape index (κ3) is 3.94. The summed E-state index contributed by atoms with van der Waals surface area (Å²) in [4.78, 5) is 11.9. The number of nitrogen functional groups attached to an aromatic ring is 1. The summed E-state index contributed by atoms with van der Waals surface area (Å²) in [5, 5.41) is 9.65. The Hall–Kier alpha value is -1.17. The van der Waals surface area contributed by atoms with Gasteiger partial charge in [-0.25, -0.2) is 0 Å². The number of carbonyl (C=O) groups is 1. The normalized spacial score (nSPS) is 10.9. The number of nitrogens with two attached hydrogens (primary N) is 1. The van der Waals surface area contributed by atoms with Gasteiger partial charge in [-0.1, -0.05) is 13.8 Å². The van der Waals surface area contributed by atoms with E-state index < -0.39 is 0 Å². The lowest BCUT2D eigenvalue weighted by molar-refractivity contribution is 0.0949.